The molecule has 3 aromatic carbocycles. The second-order valence-electron chi connectivity index (χ2n) is 9.03. The first-order valence-electron chi connectivity index (χ1n) is 12.8. The van der Waals surface area contributed by atoms with Gasteiger partial charge in [0.2, 0.25) is 21.8 Å². The van der Waals surface area contributed by atoms with E-state index in [0.29, 0.717) is 34.5 Å². The molecule has 1 atom stereocenters. The van der Waals surface area contributed by atoms with Crippen molar-refractivity contribution >= 4 is 50.7 Å². The maximum Gasteiger partial charge on any atom is 0.244 e. The van der Waals surface area contributed by atoms with Gasteiger partial charge in [-0.25, -0.2) is 8.42 Å². The molecule has 2 amide bonds. The molecule has 11 heteroatoms. The van der Waals surface area contributed by atoms with Crippen LogP contribution in [0.3, 0.4) is 0 Å². The van der Waals surface area contributed by atoms with Crippen LogP contribution >= 0.6 is 23.2 Å². The molecule has 0 aromatic heterocycles. The minimum atomic E-state index is -3.93. The maximum absolute atomic E-state index is 14.1. The number of nitrogens with zero attached hydrogens (tertiary/aromatic N) is 2. The van der Waals surface area contributed by atoms with Crippen molar-refractivity contribution in [3.05, 3.63) is 94.0 Å². The number of para-hydroxylation sites is 2. The fourth-order valence-electron chi connectivity index (χ4n) is 4.21. The number of hydrogen-bond donors (Lipinski definition) is 1. The Bertz CT molecular complexity index is 1420. The second-order valence-corrected chi connectivity index (χ2v) is 11.8. The zero-order valence-corrected chi connectivity index (χ0v) is 25.0. The van der Waals surface area contributed by atoms with E-state index in [0.717, 1.165) is 16.1 Å². The third-order valence-electron chi connectivity index (χ3n) is 6.09. The second kappa shape index (κ2) is 14.4. The molecule has 0 aliphatic rings. The Morgan fingerprint density at radius 1 is 0.975 bits per heavy atom. The van der Waals surface area contributed by atoms with E-state index in [9.17, 15) is 18.0 Å². The van der Waals surface area contributed by atoms with Gasteiger partial charge in [-0.15, -0.1) is 0 Å². The molecular formula is C29H33Cl2N3O5S. The summed E-state index contributed by atoms with van der Waals surface area (Å²) in [4.78, 5) is 28.9. The van der Waals surface area contributed by atoms with Gasteiger partial charge in [0.25, 0.3) is 0 Å². The highest BCUT2D eigenvalue weighted by Crippen LogP contribution is 2.31. The number of sulfonamides is 1. The van der Waals surface area contributed by atoms with Gasteiger partial charge in [-0.3, -0.25) is 13.9 Å². The number of amides is 2. The third-order valence-corrected chi connectivity index (χ3v) is 7.80. The molecule has 214 valence electrons. The normalized spacial score (nSPS) is 11.9. The minimum Gasteiger partial charge on any atom is -0.492 e. The van der Waals surface area contributed by atoms with Gasteiger partial charge in [0.1, 0.15) is 18.3 Å². The summed E-state index contributed by atoms with van der Waals surface area (Å²) < 4.78 is 32.6. The van der Waals surface area contributed by atoms with Crippen molar-refractivity contribution in [1.29, 1.82) is 0 Å². The molecule has 0 fully saturated rings. The molecule has 0 spiro atoms. The van der Waals surface area contributed by atoms with E-state index in [1.807, 2.05) is 30.3 Å². The third kappa shape index (κ3) is 8.36. The first-order valence-corrected chi connectivity index (χ1v) is 15.4. The smallest absolute Gasteiger partial charge is 0.244 e. The van der Waals surface area contributed by atoms with E-state index >= 15 is 0 Å². The Balaban J connectivity index is 2.09. The van der Waals surface area contributed by atoms with Gasteiger partial charge in [0, 0.05) is 29.6 Å². The first kappa shape index (κ1) is 31.3. The molecule has 0 radical (unpaired) electrons. The number of likely N-dealkylation sites (N-methyl/N-ethyl adjacent to an activating group) is 1. The van der Waals surface area contributed by atoms with Crippen molar-refractivity contribution in [1.82, 2.24) is 10.2 Å². The lowest BCUT2D eigenvalue weighted by Crippen LogP contribution is -2.53. The van der Waals surface area contributed by atoms with Gasteiger partial charge in [0.15, 0.2) is 0 Å². The van der Waals surface area contributed by atoms with Crippen LogP contribution in [-0.4, -0.2) is 57.1 Å². The summed E-state index contributed by atoms with van der Waals surface area (Å²) in [5.74, 6) is -0.638. The average molecular weight is 607 g/mol. The Morgan fingerprint density at radius 3 is 2.27 bits per heavy atom. The standard InChI is InChI=1S/C29H33Cl2N3O5S/c1-4-32-29(36)26(17-21-11-7-6-8-12-21)33(19-22-15-16-23(30)18-24(22)31)28(35)20-34(40(3,37)38)25-13-9-10-14-27(25)39-5-2/h6-16,18,26H,4-5,17,19-20H2,1-3H3,(H,32,36). The number of carbonyl (C=O) groups excluding carboxylic acids is 2. The molecule has 0 aliphatic carbocycles. The van der Waals surface area contributed by atoms with Crippen molar-refractivity contribution in [3.8, 4) is 5.75 Å². The first-order chi connectivity index (χ1) is 19.0. The molecular weight excluding hydrogens is 573 g/mol. The van der Waals surface area contributed by atoms with Crippen LogP contribution < -0.4 is 14.4 Å². The molecule has 1 N–H and O–H groups in total. The summed E-state index contributed by atoms with van der Waals surface area (Å²) in [6.45, 7) is 3.62. The predicted molar refractivity (Wildman–Crippen MR) is 159 cm³/mol. The largest absolute Gasteiger partial charge is 0.492 e. The SMILES string of the molecule is CCNC(=O)C(Cc1ccccc1)N(Cc1ccc(Cl)cc1Cl)C(=O)CN(c1ccccc1OCC)S(C)(=O)=O. The molecule has 3 rings (SSSR count). The highest BCUT2D eigenvalue weighted by Gasteiger charge is 2.33. The van der Waals surface area contributed by atoms with Crippen LogP contribution in [-0.2, 0) is 32.6 Å². The van der Waals surface area contributed by atoms with Gasteiger partial charge in [-0.1, -0.05) is 71.7 Å². The predicted octanol–water partition coefficient (Wildman–Crippen LogP) is 4.93. The Morgan fingerprint density at radius 2 is 1.65 bits per heavy atom. The number of anilines is 1. The minimum absolute atomic E-state index is 0.0474. The highest BCUT2D eigenvalue weighted by molar-refractivity contribution is 7.92. The number of benzene rings is 3. The monoisotopic (exact) mass is 605 g/mol. The fraction of sp³-hybridized carbons (Fsp3) is 0.310. The number of hydrogen-bond acceptors (Lipinski definition) is 5. The average Bonchev–Trinajstić information content (AvgIpc) is 2.91. The number of halogens is 2. The van der Waals surface area contributed by atoms with Crippen molar-refractivity contribution in [2.45, 2.75) is 32.9 Å². The summed E-state index contributed by atoms with van der Waals surface area (Å²) in [5.41, 5.74) is 1.62. The molecule has 0 aliphatic heterocycles. The molecule has 0 heterocycles. The quantitative estimate of drug-likeness (QED) is 0.298. The van der Waals surface area contributed by atoms with Gasteiger partial charge in [-0.2, -0.15) is 0 Å². The van der Waals surface area contributed by atoms with Gasteiger partial charge >= 0.3 is 0 Å². The molecule has 8 nitrogen and oxygen atoms in total. The van der Waals surface area contributed by atoms with Crippen LogP contribution in [0.25, 0.3) is 0 Å². The Hall–Kier alpha value is -3.27. The summed E-state index contributed by atoms with van der Waals surface area (Å²) in [7, 11) is -3.93. The highest BCUT2D eigenvalue weighted by atomic mass is 35.5. The van der Waals surface area contributed by atoms with E-state index in [2.05, 4.69) is 5.32 Å². The number of ether oxygens (including phenoxy) is 1. The van der Waals surface area contributed by atoms with Crippen LogP contribution in [0, 0.1) is 0 Å². The fourth-order valence-corrected chi connectivity index (χ4v) is 5.54. The lowest BCUT2D eigenvalue weighted by molar-refractivity contribution is -0.140. The van der Waals surface area contributed by atoms with Crippen molar-refractivity contribution < 1.29 is 22.7 Å². The summed E-state index contributed by atoms with van der Waals surface area (Å²) in [5, 5.41) is 3.56. The topological polar surface area (TPSA) is 96.0 Å². The van der Waals surface area contributed by atoms with Crippen LogP contribution in [0.4, 0.5) is 5.69 Å². The van der Waals surface area contributed by atoms with Crippen LogP contribution in [0.1, 0.15) is 25.0 Å². The lowest BCUT2D eigenvalue weighted by atomic mass is 10.0. The number of rotatable bonds is 13. The van der Waals surface area contributed by atoms with Crippen molar-refractivity contribution in [2.75, 3.05) is 30.3 Å². The molecule has 0 saturated heterocycles. The van der Waals surface area contributed by atoms with E-state index < -0.39 is 28.5 Å². The van der Waals surface area contributed by atoms with Gasteiger partial charge in [0.05, 0.1) is 18.6 Å². The van der Waals surface area contributed by atoms with Gasteiger partial charge < -0.3 is 15.0 Å². The van der Waals surface area contributed by atoms with Crippen molar-refractivity contribution in [3.63, 3.8) is 0 Å². The lowest BCUT2D eigenvalue weighted by Gasteiger charge is -2.34. The Labute approximate surface area is 245 Å². The van der Waals surface area contributed by atoms with Crippen LogP contribution in [0.2, 0.25) is 10.0 Å². The molecule has 1 unspecified atom stereocenters. The molecule has 0 bridgehead atoms. The Kier molecular flexibility index (Phi) is 11.2. The summed E-state index contributed by atoms with van der Waals surface area (Å²) in [6, 6.07) is 19.8. The van der Waals surface area contributed by atoms with E-state index in [4.69, 9.17) is 27.9 Å². The maximum atomic E-state index is 14.1. The van der Waals surface area contributed by atoms with E-state index in [1.165, 1.54) is 4.90 Å². The zero-order valence-electron chi connectivity index (χ0n) is 22.6. The summed E-state index contributed by atoms with van der Waals surface area (Å²) in [6.07, 6.45) is 1.23. The van der Waals surface area contributed by atoms with E-state index in [-0.39, 0.29) is 24.6 Å². The number of nitrogens with one attached hydrogen (secondary N) is 1. The van der Waals surface area contributed by atoms with Crippen LogP contribution in [0.5, 0.6) is 5.75 Å². The molecule has 40 heavy (non-hydrogen) atoms. The van der Waals surface area contributed by atoms with E-state index in [1.54, 1.807) is 56.3 Å². The summed E-state index contributed by atoms with van der Waals surface area (Å²) >= 11 is 12.6. The zero-order chi connectivity index (χ0) is 29.3. The van der Waals surface area contributed by atoms with Crippen molar-refractivity contribution in [2.24, 2.45) is 0 Å². The number of carbonyl (C=O) groups is 2. The molecule has 3 aromatic rings. The van der Waals surface area contributed by atoms with Gasteiger partial charge in [-0.05, 0) is 49.2 Å². The van der Waals surface area contributed by atoms with Crippen LogP contribution in [0.15, 0.2) is 72.8 Å². The molecule has 0 saturated carbocycles.